The maximum Gasteiger partial charge on any atom is 0.0691 e. The van der Waals surface area contributed by atoms with E-state index in [2.05, 4.69) is 78.3 Å². The van der Waals surface area contributed by atoms with Crippen LogP contribution in [0.4, 0.5) is 0 Å². The molecule has 0 bridgehead atoms. The molecule has 3 nitrogen and oxygen atoms in total. The van der Waals surface area contributed by atoms with Crippen molar-refractivity contribution in [2.75, 3.05) is 0 Å². The molecule has 0 aliphatic rings. The lowest BCUT2D eigenvalue weighted by Gasteiger charge is -2.13. The Kier molecular flexibility index (Phi) is 5.00. The second-order valence-electron chi connectivity index (χ2n) is 5.65. The van der Waals surface area contributed by atoms with E-state index in [1.54, 1.807) is 0 Å². The molecule has 0 atom stereocenters. The van der Waals surface area contributed by atoms with Crippen LogP contribution in [0.1, 0.15) is 44.9 Å². The zero-order chi connectivity index (χ0) is 14.7. The summed E-state index contributed by atoms with van der Waals surface area (Å²) in [6.45, 7) is 9.47. The molecular weight excluding hydrogens is 314 g/mol. The number of nitrogens with one attached hydrogen (secondary N) is 1. The molecule has 0 amide bonds. The van der Waals surface area contributed by atoms with E-state index >= 15 is 0 Å². The van der Waals surface area contributed by atoms with Crippen LogP contribution in [-0.4, -0.2) is 15.8 Å². The Labute approximate surface area is 129 Å². The molecule has 0 saturated carbocycles. The minimum absolute atomic E-state index is 0.448. The fourth-order valence-electron chi connectivity index (χ4n) is 2.01. The number of halogens is 1. The molecule has 1 aromatic carbocycles. The van der Waals surface area contributed by atoms with E-state index in [4.69, 9.17) is 0 Å². The summed E-state index contributed by atoms with van der Waals surface area (Å²) in [6.07, 6.45) is 2.04. The molecule has 0 aliphatic carbocycles. The fourth-order valence-corrected chi connectivity index (χ4v) is 2.42. The average Bonchev–Trinajstić information content (AvgIpc) is 2.86. The van der Waals surface area contributed by atoms with Gasteiger partial charge in [-0.05, 0) is 35.7 Å². The van der Waals surface area contributed by atoms with Gasteiger partial charge < -0.3 is 5.32 Å². The van der Waals surface area contributed by atoms with E-state index in [1.165, 1.54) is 5.56 Å². The van der Waals surface area contributed by atoms with Crippen LogP contribution >= 0.6 is 15.9 Å². The van der Waals surface area contributed by atoms with Gasteiger partial charge in [0.1, 0.15) is 0 Å². The highest BCUT2D eigenvalue weighted by molar-refractivity contribution is 9.10. The Morgan fingerprint density at radius 1 is 1.20 bits per heavy atom. The Bertz CT molecular complexity index is 573. The summed E-state index contributed by atoms with van der Waals surface area (Å²) in [5, 5.41) is 8.14. The van der Waals surface area contributed by atoms with Gasteiger partial charge in [-0.25, -0.2) is 4.68 Å². The average molecular weight is 336 g/mol. The van der Waals surface area contributed by atoms with Crippen LogP contribution in [0.25, 0.3) is 5.69 Å². The Hall–Kier alpha value is -1.13. The first-order valence-corrected chi connectivity index (χ1v) is 7.84. The second-order valence-corrected chi connectivity index (χ2v) is 6.56. The molecule has 0 spiro atoms. The van der Waals surface area contributed by atoms with Crippen molar-refractivity contribution in [2.45, 2.75) is 46.2 Å². The zero-order valence-corrected chi connectivity index (χ0v) is 14.1. The maximum absolute atomic E-state index is 4.67. The van der Waals surface area contributed by atoms with Gasteiger partial charge in [0.2, 0.25) is 0 Å². The molecule has 0 saturated heterocycles. The maximum atomic E-state index is 4.67. The smallest absolute Gasteiger partial charge is 0.0691 e. The zero-order valence-electron chi connectivity index (χ0n) is 12.5. The Morgan fingerprint density at radius 3 is 2.55 bits per heavy atom. The number of aromatic nitrogens is 2. The highest BCUT2D eigenvalue weighted by Crippen LogP contribution is 2.21. The Morgan fingerprint density at radius 2 is 1.95 bits per heavy atom. The summed E-state index contributed by atoms with van der Waals surface area (Å²) in [5.41, 5.74) is 3.50. The third-order valence-corrected chi connectivity index (χ3v) is 3.68. The van der Waals surface area contributed by atoms with Crippen LogP contribution in [0.15, 0.2) is 34.9 Å². The van der Waals surface area contributed by atoms with Crippen LogP contribution < -0.4 is 5.32 Å². The molecule has 2 rings (SSSR count). The molecule has 1 aromatic heterocycles. The molecule has 0 unspecified atom stereocenters. The minimum Gasteiger partial charge on any atom is -0.310 e. The van der Waals surface area contributed by atoms with Crippen molar-refractivity contribution >= 4 is 15.9 Å². The second kappa shape index (κ2) is 6.55. The summed E-state index contributed by atoms with van der Waals surface area (Å²) in [6, 6.07) is 8.88. The van der Waals surface area contributed by atoms with Crippen LogP contribution in [0, 0.1) is 0 Å². The molecule has 0 radical (unpaired) electrons. The molecule has 2 aromatic rings. The van der Waals surface area contributed by atoms with Crippen molar-refractivity contribution in [2.24, 2.45) is 0 Å². The van der Waals surface area contributed by atoms with Gasteiger partial charge in [0.25, 0.3) is 0 Å². The summed E-state index contributed by atoms with van der Waals surface area (Å²) in [7, 11) is 0. The topological polar surface area (TPSA) is 29.9 Å². The first-order chi connectivity index (χ1) is 9.47. The van der Waals surface area contributed by atoms with Gasteiger partial charge in [-0.1, -0.05) is 43.6 Å². The quantitative estimate of drug-likeness (QED) is 0.884. The number of hydrogen-bond acceptors (Lipinski definition) is 2. The molecule has 108 valence electrons. The highest BCUT2D eigenvalue weighted by atomic mass is 79.9. The number of hydrogen-bond donors (Lipinski definition) is 1. The van der Waals surface area contributed by atoms with Crippen molar-refractivity contribution in [3.63, 3.8) is 0 Å². The summed E-state index contributed by atoms with van der Waals surface area (Å²) >= 11 is 3.55. The standard InChI is InChI=1S/C16H22BrN3/c1-11(2)15-7-8-20(19-15)16-6-5-14(17)9-13(16)10-18-12(3)4/h5-9,11-12,18H,10H2,1-4H3. The van der Waals surface area contributed by atoms with E-state index in [1.807, 2.05) is 10.9 Å². The minimum atomic E-state index is 0.448. The fraction of sp³-hybridized carbons (Fsp3) is 0.438. The third kappa shape index (κ3) is 3.70. The van der Waals surface area contributed by atoms with E-state index in [-0.39, 0.29) is 0 Å². The van der Waals surface area contributed by atoms with Crippen molar-refractivity contribution in [3.8, 4) is 5.69 Å². The van der Waals surface area contributed by atoms with Gasteiger partial charge in [0.05, 0.1) is 11.4 Å². The largest absolute Gasteiger partial charge is 0.310 e. The summed E-state index contributed by atoms with van der Waals surface area (Å²) < 4.78 is 3.07. The van der Waals surface area contributed by atoms with Gasteiger partial charge >= 0.3 is 0 Å². The van der Waals surface area contributed by atoms with E-state index < -0.39 is 0 Å². The van der Waals surface area contributed by atoms with Crippen molar-refractivity contribution in [3.05, 3.63) is 46.2 Å². The van der Waals surface area contributed by atoms with Gasteiger partial charge in [-0.2, -0.15) is 5.10 Å². The highest BCUT2D eigenvalue weighted by Gasteiger charge is 2.09. The molecule has 0 aliphatic heterocycles. The van der Waals surface area contributed by atoms with E-state index in [9.17, 15) is 0 Å². The van der Waals surface area contributed by atoms with Crippen LogP contribution in [0.3, 0.4) is 0 Å². The third-order valence-electron chi connectivity index (χ3n) is 3.19. The molecule has 0 fully saturated rings. The van der Waals surface area contributed by atoms with Crippen molar-refractivity contribution < 1.29 is 0 Å². The molecule has 4 heteroatoms. The molecule has 1 N–H and O–H groups in total. The van der Waals surface area contributed by atoms with Gasteiger partial charge in [-0.3, -0.25) is 0 Å². The monoisotopic (exact) mass is 335 g/mol. The lowest BCUT2D eigenvalue weighted by molar-refractivity contribution is 0.586. The van der Waals surface area contributed by atoms with Gasteiger partial charge in [-0.15, -0.1) is 0 Å². The predicted octanol–water partition coefficient (Wildman–Crippen LogP) is 4.26. The molecule has 1 heterocycles. The van der Waals surface area contributed by atoms with Crippen LogP contribution in [-0.2, 0) is 6.54 Å². The summed E-state index contributed by atoms with van der Waals surface area (Å²) in [5.74, 6) is 0.448. The van der Waals surface area contributed by atoms with Crippen molar-refractivity contribution in [1.82, 2.24) is 15.1 Å². The molecular formula is C16H22BrN3. The normalized spacial score (nSPS) is 11.6. The van der Waals surface area contributed by atoms with Crippen LogP contribution in [0.5, 0.6) is 0 Å². The number of rotatable bonds is 5. The SMILES string of the molecule is CC(C)NCc1cc(Br)ccc1-n1ccc(C(C)C)n1. The van der Waals surface area contributed by atoms with Gasteiger partial charge in [0, 0.05) is 23.3 Å². The lowest BCUT2D eigenvalue weighted by Crippen LogP contribution is -2.22. The predicted molar refractivity (Wildman–Crippen MR) is 87.3 cm³/mol. The first kappa shape index (κ1) is 15.3. The van der Waals surface area contributed by atoms with E-state index in [0.29, 0.717) is 12.0 Å². The number of nitrogens with zero attached hydrogens (tertiary/aromatic N) is 2. The lowest BCUT2D eigenvalue weighted by atomic mass is 10.1. The first-order valence-electron chi connectivity index (χ1n) is 7.05. The van der Waals surface area contributed by atoms with E-state index in [0.717, 1.165) is 22.4 Å². The van der Waals surface area contributed by atoms with Gasteiger partial charge in [0.15, 0.2) is 0 Å². The van der Waals surface area contributed by atoms with Crippen LogP contribution in [0.2, 0.25) is 0 Å². The summed E-state index contributed by atoms with van der Waals surface area (Å²) in [4.78, 5) is 0. The molecule has 20 heavy (non-hydrogen) atoms. The van der Waals surface area contributed by atoms with Crippen molar-refractivity contribution in [1.29, 1.82) is 0 Å². The number of benzene rings is 1. The Balaban J connectivity index is 2.33.